The van der Waals surface area contributed by atoms with E-state index in [-0.39, 0.29) is 37.2 Å². The van der Waals surface area contributed by atoms with Crippen LogP contribution in [0.3, 0.4) is 0 Å². The van der Waals surface area contributed by atoms with Crippen LogP contribution in [0, 0.1) is 5.92 Å². The van der Waals surface area contributed by atoms with Crippen LogP contribution < -0.4 is 38.1 Å². The molecule has 62 heavy (non-hydrogen) atoms. The van der Waals surface area contributed by atoms with Crippen molar-refractivity contribution in [3.05, 3.63) is 11.8 Å². The fourth-order valence-electron chi connectivity index (χ4n) is 6.95. The maximum atomic E-state index is 13.4. The number of nitrogens with zero attached hydrogens (tertiary/aromatic N) is 2. The van der Waals surface area contributed by atoms with Gasteiger partial charge >= 0.3 is 11.9 Å². The van der Waals surface area contributed by atoms with Gasteiger partial charge in [-0.15, -0.1) is 0 Å². The molecule has 12 N–H and O–H groups in total. The Morgan fingerprint density at radius 3 is 1.87 bits per heavy atom. The summed E-state index contributed by atoms with van der Waals surface area (Å²) in [6.45, 7) is 4.50. The molecule has 20 heteroatoms. The van der Waals surface area contributed by atoms with Gasteiger partial charge < -0.3 is 58.3 Å². The number of amides is 6. The molecule has 0 aromatic carbocycles. The molecule has 0 aromatic heterocycles. The molecular weight excluding hydrogens is 807 g/mol. The normalized spacial score (nSPS) is 15.2. The number of hydrogen-bond acceptors (Lipinski definition) is 10. The van der Waals surface area contributed by atoms with Gasteiger partial charge in [0.1, 0.15) is 29.9 Å². The van der Waals surface area contributed by atoms with E-state index in [2.05, 4.69) is 38.5 Å². The van der Waals surface area contributed by atoms with Crippen molar-refractivity contribution in [1.29, 1.82) is 0 Å². The van der Waals surface area contributed by atoms with Crippen molar-refractivity contribution in [3.8, 4) is 0 Å². The summed E-state index contributed by atoms with van der Waals surface area (Å²) in [5.41, 5.74) is 9.92. The topological polar surface area (TPSA) is 325 Å². The second kappa shape index (κ2) is 31.6. The summed E-state index contributed by atoms with van der Waals surface area (Å²) in [5, 5.41) is 40.4. The predicted octanol–water partition coefficient (Wildman–Crippen LogP) is 1.29. The van der Waals surface area contributed by atoms with Crippen LogP contribution in [-0.2, 0) is 38.4 Å². The number of carboxylic acid groups (broad SMARTS) is 2. The Balaban J connectivity index is 2.73. The Labute approximate surface area is 365 Å². The van der Waals surface area contributed by atoms with Crippen LogP contribution in [0.1, 0.15) is 143 Å². The highest BCUT2D eigenvalue weighted by Crippen LogP contribution is 2.20. The first-order chi connectivity index (χ1) is 29.5. The van der Waals surface area contributed by atoms with Crippen molar-refractivity contribution in [2.45, 2.75) is 167 Å². The zero-order valence-corrected chi connectivity index (χ0v) is 36.9. The summed E-state index contributed by atoms with van der Waals surface area (Å²) < 4.78 is 0. The smallest absolute Gasteiger partial charge is 0.352 e. The minimum atomic E-state index is -1.69. The van der Waals surface area contributed by atoms with E-state index in [1.807, 2.05) is 0 Å². The fraction of sp³-hybridized carbons (Fsp3) is 0.738. The van der Waals surface area contributed by atoms with Crippen LogP contribution in [0.15, 0.2) is 16.8 Å². The molecule has 1 aliphatic heterocycles. The first-order valence-electron chi connectivity index (χ1n) is 22.1. The zero-order valence-electron chi connectivity index (χ0n) is 36.9. The minimum Gasteiger partial charge on any atom is -0.481 e. The lowest BCUT2D eigenvalue weighted by Gasteiger charge is -2.26. The van der Waals surface area contributed by atoms with Gasteiger partial charge in [-0.3, -0.25) is 38.6 Å². The maximum absolute atomic E-state index is 13.4. The number of aliphatic hydroxyl groups is 1. The largest absolute Gasteiger partial charge is 0.481 e. The van der Waals surface area contributed by atoms with Crippen LogP contribution in [0.25, 0.3) is 0 Å². The van der Waals surface area contributed by atoms with Crippen molar-refractivity contribution in [1.82, 2.24) is 31.5 Å². The van der Waals surface area contributed by atoms with Gasteiger partial charge in [0.05, 0.1) is 19.6 Å². The Hall–Kier alpha value is -5.27. The highest BCUT2D eigenvalue weighted by molar-refractivity contribution is 5.98. The SMILES string of the molecule is CCCCCCCCCCCCCCCC(=O)N1CCC[C@H]1C(=O)NCC(=O)N[C@@H](CC(=O)O)C(=O)NC(CC(C)C)C(=O)N[C@@H](CO)C(=O)N/C(=C/CCN=C(N)N)C(=O)O. The van der Waals surface area contributed by atoms with Gasteiger partial charge in [0.25, 0.3) is 0 Å². The molecule has 0 saturated carbocycles. The second-order valence-corrected chi connectivity index (χ2v) is 16.1. The number of likely N-dealkylation sites (tertiary alicyclic amines) is 1. The van der Waals surface area contributed by atoms with E-state index in [0.29, 0.717) is 25.8 Å². The average Bonchev–Trinajstić information content (AvgIpc) is 3.71. The van der Waals surface area contributed by atoms with E-state index in [1.54, 1.807) is 13.8 Å². The van der Waals surface area contributed by atoms with E-state index in [9.17, 15) is 53.7 Å². The number of carbonyl (C=O) groups is 8. The summed E-state index contributed by atoms with van der Waals surface area (Å²) in [7, 11) is 0. The summed E-state index contributed by atoms with van der Waals surface area (Å²) >= 11 is 0. The number of guanidine groups is 1. The van der Waals surface area contributed by atoms with Crippen molar-refractivity contribution in [2.24, 2.45) is 22.4 Å². The molecule has 1 fully saturated rings. The van der Waals surface area contributed by atoms with Crippen LogP contribution in [0.4, 0.5) is 0 Å². The number of nitrogens with one attached hydrogen (secondary N) is 5. The summed E-state index contributed by atoms with van der Waals surface area (Å²) in [6.07, 6.45) is 17.0. The standard InChI is InChI=1S/C42H73N9O11/c1-4-5-6-7-8-9-10-11-12-13-14-15-16-21-35(54)51-23-18-20-33(51)40(60)46-26-34(53)47-31(25-36(55)56)38(58)49-30(24-28(2)3)37(57)50-32(27-52)39(59)48-29(41(61)62)19-17-22-45-42(43)44/h19,28,30-33,52H,4-18,20-27H2,1-3H3,(H,46,60)(H,47,53)(H,48,59)(H,49,58)(H,50,57)(H,55,56)(H,61,62)(H4,43,44,45)/b29-19+/t30?,31-,32-,33-/m0/s1. The Morgan fingerprint density at radius 1 is 0.774 bits per heavy atom. The number of carboxylic acids is 2. The Morgan fingerprint density at radius 2 is 1.34 bits per heavy atom. The lowest BCUT2D eigenvalue weighted by Crippen LogP contribution is -2.58. The number of rotatable bonds is 33. The quantitative estimate of drug-likeness (QED) is 0.0193. The summed E-state index contributed by atoms with van der Waals surface area (Å²) in [6, 6.07) is -5.52. The third kappa shape index (κ3) is 23.7. The predicted molar refractivity (Wildman–Crippen MR) is 232 cm³/mol. The molecule has 1 saturated heterocycles. The molecule has 4 atom stereocenters. The van der Waals surface area contributed by atoms with E-state index < -0.39 is 90.9 Å². The second-order valence-electron chi connectivity index (χ2n) is 16.1. The van der Waals surface area contributed by atoms with Crippen molar-refractivity contribution >= 4 is 53.3 Å². The molecule has 0 radical (unpaired) electrons. The van der Waals surface area contributed by atoms with Crippen molar-refractivity contribution < 1.29 is 53.7 Å². The number of hydrogen-bond donors (Lipinski definition) is 10. The number of nitrogens with two attached hydrogens (primary N) is 2. The molecular formula is C42H73N9O11. The first-order valence-corrected chi connectivity index (χ1v) is 22.1. The van der Waals surface area contributed by atoms with Crippen LogP contribution >= 0.6 is 0 Å². The van der Waals surface area contributed by atoms with Gasteiger partial charge in [0.2, 0.25) is 35.4 Å². The van der Waals surface area contributed by atoms with E-state index in [1.165, 1.54) is 62.7 Å². The highest BCUT2D eigenvalue weighted by Gasteiger charge is 2.35. The molecule has 1 heterocycles. The molecule has 1 aliphatic rings. The van der Waals surface area contributed by atoms with Crippen molar-refractivity contribution in [2.75, 3.05) is 26.2 Å². The summed E-state index contributed by atoms with van der Waals surface area (Å²) in [4.78, 5) is 107. The average molecular weight is 880 g/mol. The molecule has 0 aromatic rings. The number of unbranched alkanes of at least 4 members (excludes halogenated alkanes) is 12. The van der Waals surface area contributed by atoms with Crippen LogP contribution in [-0.4, -0.2) is 124 Å². The van der Waals surface area contributed by atoms with E-state index >= 15 is 0 Å². The summed E-state index contributed by atoms with van der Waals surface area (Å²) in [5.74, 6) is -8.13. The van der Waals surface area contributed by atoms with Gasteiger partial charge in [-0.05, 0) is 38.0 Å². The molecule has 1 rings (SSSR count). The molecule has 0 bridgehead atoms. The third-order valence-electron chi connectivity index (χ3n) is 10.2. The Bertz CT molecular complexity index is 1520. The lowest BCUT2D eigenvalue weighted by atomic mass is 10.0. The molecule has 20 nitrogen and oxygen atoms in total. The van der Waals surface area contributed by atoms with Gasteiger partial charge in [-0.2, -0.15) is 0 Å². The third-order valence-corrected chi connectivity index (χ3v) is 10.2. The van der Waals surface area contributed by atoms with Gasteiger partial charge in [-0.1, -0.05) is 104 Å². The number of aliphatic imine (C=N–C) groups is 1. The first kappa shape index (κ1) is 54.7. The molecule has 0 spiro atoms. The monoisotopic (exact) mass is 880 g/mol. The maximum Gasteiger partial charge on any atom is 0.352 e. The molecule has 6 amide bonds. The minimum absolute atomic E-state index is 0.0185. The lowest BCUT2D eigenvalue weighted by molar-refractivity contribution is -0.141. The Kier molecular flexibility index (Phi) is 27.9. The van der Waals surface area contributed by atoms with E-state index in [4.69, 9.17) is 11.5 Å². The van der Waals surface area contributed by atoms with Crippen molar-refractivity contribution in [3.63, 3.8) is 0 Å². The van der Waals surface area contributed by atoms with Gasteiger partial charge in [0, 0.05) is 19.5 Å². The van der Waals surface area contributed by atoms with Crippen LogP contribution in [0.2, 0.25) is 0 Å². The molecule has 0 aliphatic carbocycles. The number of aliphatic hydroxyl groups excluding tert-OH is 1. The highest BCUT2D eigenvalue weighted by atomic mass is 16.4. The fourth-order valence-corrected chi connectivity index (χ4v) is 6.95. The van der Waals surface area contributed by atoms with Crippen LogP contribution in [0.5, 0.6) is 0 Å². The van der Waals surface area contributed by atoms with E-state index in [0.717, 1.165) is 31.8 Å². The van der Waals surface area contributed by atoms with Gasteiger partial charge in [-0.25, -0.2) is 4.79 Å². The number of aliphatic carboxylic acids is 2. The molecule has 1 unspecified atom stereocenters. The molecule has 352 valence electrons. The van der Waals surface area contributed by atoms with Gasteiger partial charge in [0.15, 0.2) is 5.96 Å². The zero-order chi connectivity index (χ0) is 46.5. The number of carbonyl (C=O) groups excluding carboxylic acids is 6.